The molecule has 3 amide bonds. The number of Topliss-reactive ketones (excluding diaryl/α,β-unsaturated/α-hetero) is 2. The zero-order valence-corrected chi connectivity index (χ0v) is 33.0. The van der Waals surface area contributed by atoms with Gasteiger partial charge in [-0.3, -0.25) is 24.2 Å². The lowest BCUT2D eigenvalue weighted by molar-refractivity contribution is -0.134. The molecule has 2 aliphatic rings. The Kier molecular flexibility index (Phi) is 13.8. The number of benzene rings is 3. The Bertz CT molecular complexity index is 2210. The van der Waals surface area contributed by atoms with E-state index in [-0.39, 0.29) is 48.7 Å². The summed E-state index contributed by atoms with van der Waals surface area (Å²) in [5.74, 6) is -1.73. The maximum absolute atomic E-state index is 14.4. The molecule has 3 aromatic carbocycles. The van der Waals surface area contributed by atoms with E-state index in [1.807, 2.05) is 72.8 Å². The van der Waals surface area contributed by atoms with Crippen molar-refractivity contribution in [2.45, 2.75) is 83.3 Å². The number of amides is 3. The number of nitrogens with one attached hydrogen (secondary N) is 4. The van der Waals surface area contributed by atoms with E-state index < -0.39 is 41.8 Å². The average molecular weight is 792 g/mol. The topological polar surface area (TPSA) is 198 Å². The standard InChI is InChI=1S/C43H49N7O6S/c1-26(51)22-29-23-28-16-18-31(19-17-28)56-21-8-7-13-36(48-42(55)37(49-40(29)53)24-30-25-46-33-11-4-3-10-32(30)33)41(54)47-35(14-9-20-45-27(2)44)39(52)43-50-34-12-5-6-15-38(34)57-43/h3-6,10-12,15-19,25,29,35-37,46H,7-9,13-14,20-24H2,1-2H3,(H2,44,45)(H,47,54)(H,48,55)(H,49,53)/t29-,35-,36-,37+/m0/s1. The van der Waals surface area contributed by atoms with Crippen molar-refractivity contribution in [1.82, 2.24) is 25.9 Å². The lowest BCUT2D eigenvalue weighted by atomic mass is 9.93. The van der Waals surface area contributed by atoms with Gasteiger partial charge in [0.1, 0.15) is 23.6 Å². The fourth-order valence-electron chi connectivity index (χ4n) is 7.03. The van der Waals surface area contributed by atoms with Crippen molar-refractivity contribution < 1.29 is 28.7 Å². The van der Waals surface area contributed by atoms with Gasteiger partial charge in [0.05, 0.1) is 28.7 Å². The Morgan fingerprint density at radius 3 is 2.53 bits per heavy atom. The Balaban J connectivity index is 1.29. The molecule has 13 nitrogen and oxygen atoms in total. The van der Waals surface area contributed by atoms with Crippen LogP contribution in [0.4, 0.5) is 0 Å². The Hall–Kier alpha value is -5.89. The molecule has 0 aliphatic carbocycles. The van der Waals surface area contributed by atoms with Gasteiger partial charge in [0, 0.05) is 42.4 Å². The number of aromatic nitrogens is 2. The summed E-state index contributed by atoms with van der Waals surface area (Å²) in [6.07, 6.45) is 4.24. The van der Waals surface area contributed by atoms with Crippen molar-refractivity contribution in [1.29, 1.82) is 0 Å². The maximum atomic E-state index is 14.4. The van der Waals surface area contributed by atoms with Gasteiger partial charge in [0.15, 0.2) is 5.01 Å². The van der Waals surface area contributed by atoms with Gasteiger partial charge in [-0.05, 0) is 93.8 Å². The first kappa shape index (κ1) is 40.8. The number of fused-ring (bicyclic) bond motifs is 16. The van der Waals surface area contributed by atoms with E-state index in [2.05, 4.69) is 30.9 Å². The zero-order chi connectivity index (χ0) is 40.3. The molecule has 7 rings (SSSR count). The quantitative estimate of drug-likeness (QED) is 0.0491. The summed E-state index contributed by atoms with van der Waals surface area (Å²) in [6, 6.07) is 19.4. The van der Waals surface area contributed by atoms with Gasteiger partial charge < -0.3 is 36.2 Å². The number of ether oxygens (including phenoxy) is 1. The van der Waals surface area contributed by atoms with Gasteiger partial charge >= 0.3 is 0 Å². The second-order valence-corrected chi connectivity index (χ2v) is 15.6. The highest BCUT2D eigenvalue weighted by atomic mass is 32.1. The van der Waals surface area contributed by atoms with Gasteiger partial charge in [-0.25, -0.2) is 4.98 Å². The number of hydrogen-bond acceptors (Lipinski definition) is 9. The fourth-order valence-corrected chi connectivity index (χ4v) is 7.99. The molecule has 6 N–H and O–H groups in total. The van der Waals surface area contributed by atoms with Gasteiger partial charge in [-0.15, -0.1) is 11.3 Å². The smallest absolute Gasteiger partial charge is 0.243 e. The minimum absolute atomic E-state index is 0.0171. The molecule has 0 radical (unpaired) electrons. The molecule has 2 aliphatic heterocycles. The summed E-state index contributed by atoms with van der Waals surface area (Å²) in [7, 11) is 0. The predicted octanol–water partition coefficient (Wildman–Crippen LogP) is 5.22. The van der Waals surface area contributed by atoms with Crippen LogP contribution in [0.3, 0.4) is 0 Å². The summed E-state index contributed by atoms with van der Waals surface area (Å²) >= 11 is 1.26. The molecule has 2 aromatic heterocycles. The highest BCUT2D eigenvalue weighted by Crippen LogP contribution is 2.25. The molecule has 2 bridgehead atoms. The lowest BCUT2D eigenvalue weighted by Crippen LogP contribution is -2.56. The van der Waals surface area contributed by atoms with Gasteiger partial charge in [0.2, 0.25) is 23.5 Å². The number of H-pyrrole nitrogens is 1. The minimum atomic E-state index is -1.10. The molecule has 0 saturated heterocycles. The molecule has 0 spiro atoms. The first-order chi connectivity index (χ1) is 27.5. The molecule has 5 aromatic rings. The van der Waals surface area contributed by atoms with Crippen LogP contribution >= 0.6 is 11.3 Å². The number of aliphatic imine (C=N–C) groups is 1. The summed E-state index contributed by atoms with van der Waals surface area (Å²) in [6.45, 7) is 3.86. The van der Waals surface area contributed by atoms with Gasteiger partial charge in [-0.1, -0.05) is 42.5 Å². The number of ketones is 2. The summed E-state index contributed by atoms with van der Waals surface area (Å²) in [5.41, 5.74) is 8.95. The van der Waals surface area contributed by atoms with Crippen LogP contribution in [-0.4, -0.2) is 76.4 Å². The number of aromatic amines is 1. The van der Waals surface area contributed by atoms with Crippen molar-refractivity contribution in [2.24, 2.45) is 16.6 Å². The molecule has 4 heterocycles. The number of carbonyl (C=O) groups excluding carboxylic acids is 5. The van der Waals surface area contributed by atoms with Crippen LogP contribution in [0, 0.1) is 5.92 Å². The van der Waals surface area contributed by atoms with Crippen molar-refractivity contribution in [3.63, 3.8) is 0 Å². The van der Waals surface area contributed by atoms with Crippen LogP contribution in [0.5, 0.6) is 5.75 Å². The molecular weight excluding hydrogens is 743 g/mol. The first-order valence-corrected chi connectivity index (χ1v) is 20.2. The number of nitrogens with zero attached hydrogens (tertiary/aromatic N) is 2. The van der Waals surface area contributed by atoms with Crippen molar-refractivity contribution in [3.8, 4) is 5.75 Å². The van der Waals surface area contributed by atoms with Crippen LogP contribution < -0.4 is 26.4 Å². The fraction of sp³-hybridized carbons (Fsp3) is 0.372. The van der Waals surface area contributed by atoms with Gasteiger partial charge in [0.25, 0.3) is 0 Å². The number of para-hydroxylation sites is 2. The number of rotatable bonds is 12. The Morgan fingerprint density at radius 2 is 1.75 bits per heavy atom. The van der Waals surface area contributed by atoms with E-state index in [1.165, 1.54) is 18.3 Å². The molecule has 4 atom stereocenters. The van der Waals surface area contributed by atoms with E-state index in [1.54, 1.807) is 13.1 Å². The van der Waals surface area contributed by atoms with Crippen LogP contribution in [0.15, 0.2) is 84.0 Å². The lowest BCUT2D eigenvalue weighted by Gasteiger charge is -2.26. The average Bonchev–Trinajstić information content (AvgIpc) is 3.82. The number of thiazole rings is 1. The van der Waals surface area contributed by atoms with E-state index in [0.29, 0.717) is 49.5 Å². The normalized spacial score (nSPS) is 19.0. The van der Waals surface area contributed by atoms with Crippen LogP contribution in [0.1, 0.15) is 73.3 Å². The van der Waals surface area contributed by atoms with Crippen LogP contribution in [0.2, 0.25) is 0 Å². The van der Waals surface area contributed by atoms with E-state index >= 15 is 0 Å². The van der Waals surface area contributed by atoms with Gasteiger partial charge in [-0.2, -0.15) is 0 Å². The third-order valence-electron chi connectivity index (χ3n) is 9.98. The maximum Gasteiger partial charge on any atom is 0.243 e. The number of carbonyl (C=O) groups is 5. The van der Waals surface area contributed by atoms with E-state index in [9.17, 15) is 24.0 Å². The highest BCUT2D eigenvalue weighted by molar-refractivity contribution is 7.20. The van der Waals surface area contributed by atoms with E-state index in [4.69, 9.17) is 10.5 Å². The van der Waals surface area contributed by atoms with Crippen molar-refractivity contribution in [2.75, 3.05) is 13.2 Å². The molecule has 0 unspecified atom stereocenters. The van der Waals surface area contributed by atoms with Crippen molar-refractivity contribution in [3.05, 3.63) is 95.1 Å². The molecule has 0 saturated carbocycles. The largest absolute Gasteiger partial charge is 0.494 e. The molecule has 298 valence electrons. The third-order valence-corrected chi connectivity index (χ3v) is 11.0. The van der Waals surface area contributed by atoms with Crippen LogP contribution in [-0.2, 0) is 32.0 Å². The summed E-state index contributed by atoms with van der Waals surface area (Å²) in [4.78, 5) is 81.2. The van der Waals surface area contributed by atoms with Crippen molar-refractivity contribution >= 4 is 67.6 Å². The highest BCUT2D eigenvalue weighted by Gasteiger charge is 2.33. The van der Waals surface area contributed by atoms with E-state index in [0.717, 1.165) is 26.7 Å². The van der Waals surface area contributed by atoms with Crippen LogP contribution in [0.25, 0.3) is 21.1 Å². The molecular formula is C43H49N7O6S. The predicted molar refractivity (Wildman–Crippen MR) is 221 cm³/mol. The number of nitrogens with two attached hydrogens (primary N) is 1. The first-order valence-electron chi connectivity index (χ1n) is 19.4. The second kappa shape index (κ2) is 19.3. The minimum Gasteiger partial charge on any atom is -0.494 e. The summed E-state index contributed by atoms with van der Waals surface area (Å²) in [5, 5.41) is 9.98. The third kappa shape index (κ3) is 11.1. The monoisotopic (exact) mass is 791 g/mol. The Labute approximate surface area is 335 Å². The molecule has 14 heteroatoms. The SMILES string of the molecule is CC(=O)C[C@H]1Cc2ccc(cc2)OCCCC[C@@H](C(=O)N[C@@H](CCCN=C(C)N)C(=O)c2nc3ccccc3s2)NC(=O)[C@@H](Cc2c[nH]c3ccccc23)NC1=O. The zero-order valence-electron chi connectivity index (χ0n) is 32.2. The Morgan fingerprint density at radius 1 is 0.982 bits per heavy atom. The summed E-state index contributed by atoms with van der Waals surface area (Å²) < 4.78 is 6.82. The number of amidine groups is 1. The molecule has 57 heavy (non-hydrogen) atoms. The second-order valence-electron chi connectivity index (χ2n) is 14.6. The molecule has 0 fully saturated rings. The number of hydrogen-bond donors (Lipinski definition) is 5.